The summed E-state index contributed by atoms with van der Waals surface area (Å²) in [4.78, 5) is 1.45. The zero-order valence-corrected chi connectivity index (χ0v) is 13.2. The number of rotatable bonds is 7. The molecule has 0 nitrogen and oxygen atoms in total. The molecule has 0 aliphatic heterocycles. The third kappa shape index (κ3) is 4.05. The van der Waals surface area contributed by atoms with E-state index in [0.717, 1.165) is 12.3 Å². The van der Waals surface area contributed by atoms with Crippen LogP contribution >= 0.6 is 38.9 Å². The van der Waals surface area contributed by atoms with E-state index in [-0.39, 0.29) is 0 Å². The summed E-state index contributed by atoms with van der Waals surface area (Å²) in [6.07, 6.45) is 6.09. The highest BCUT2D eigenvalue weighted by Gasteiger charge is 2.27. The molecule has 0 saturated heterocycles. The number of hydrogen-bond donors (Lipinski definition) is 0. The minimum absolute atomic E-state index is 0.307. The summed E-state index contributed by atoms with van der Waals surface area (Å²) in [7, 11) is 0. The molecule has 0 spiro atoms. The fourth-order valence-electron chi connectivity index (χ4n) is 1.97. The van der Waals surface area contributed by atoms with Crippen LogP contribution in [0, 0.1) is 5.41 Å². The van der Waals surface area contributed by atoms with Crippen LogP contribution in [0.2, 0.25) is 0 Å². The van der Waals surface area contributed by atoms with Crippen molar-refractivity contribution in [1.29, 1.82) is 0 Å². The van der Waals surface area contributed by atoms with Crippen molar-refractivity contribution in [3.05, 3.63) is 20.8 Å². The second kappa shape index (κ2) is 7.03. The van der Waals surface area contributed by atoms with Crippen LogP contribution in [0.3, 0.4) is 0 Å². The van der Waals surface area contributed by atoms with Crippen molar-refractivity contribution >= 4 is 38.9 Å². The summed E-state index contributed by atoms with van der Waals surface area (Å²) in [5.41, 5.74) is 0.307. The lowest BCUT2D eigenvalue weighted by Gasteiger charge is -2.30. The van der Waals surface area contributed by atoms with Gasteiger partial charge in [-0.1, -0.05) is 26.7 Å². The molecule has 0 N–H and O–H groups in total. The highest BCUT2D eigenvalue weighted by atomic mass is 79.9. The van der Waals surface area contributed by atoms with Crippen molar-refractivity contribution in [2.45, 2.75) is 46.0 Å². The Balaban J connectivity index is 2.69. The fraction of sp³-hybridized carbons (Fsp3) is 0.692. The second-order valence-electron chi connectivity index (χ2n) is 4.50. The van der Waals surface area contributed by atoms with Gasteiger partial charge in [0.15, 0.2) is 0 Å². The van der Waals surface area contributed by atoms with Crippen molar-refractivity contribution in [2.24, 2.45) is 5.41 Å². The van der Waals surface area contributed by atoms with Gasteiger partial charge in [0, 0.05) is 20.6 Å². The Morgan fingerprint density at radius 2 is 2.19 bits per heavy atom. The summed E-state index contributed by atoms with van der Waals surface area (Å²) in [6, 6.07) is 2.23. The molecule has 92 valence electrons. The van der Waals surface area contributed by atoms with E-state index in [1.54, 1.807) is 0 Å². The normalized spacial score (nSPS) is 15.0. The van der Waals surface area contributed by atoms with Crippen molar-refractivity contribution in [3.63, 3.8) is 0 Å². The van der Waals surface area contributed by atoms with Crippen LogP contribution in [0.1, 0.15) is 44.4 Å². The molecule has 1 rings (SSSR count). The van der Waals surface area contributed by atoms with Gasteiger partial charge >= 0.3 is 0 Å². The van der Waals surface area contributed by atoms with Crippen LogP contribution in [0.25, 0.3) is 0 Å². The molecule has 1 atom stereocenters. The maximum Gasteiger partial charge on any atom is 0.0285 e. The van der Waals surface area contributed by atoms with E-state index in [9.17, 15) is 0 Å². The molecule has 0 amide bonds. The van der Waals surface area contributed by atoms with E-state index < -0.39 is 0 Å². The largest absolute Gasteiger partial charge is 0.148 e. The summed E-state index contributed by atoms with van der Waals surface area (Å²) >= 11 is 11.6. The van der Waals surface area contributed by atoms with Crippen LogP contribution in [0.5, 0.6) is 0 Å². The molecular formula is C13H20BrClS. The molecule has 1 unspecified atom stereocenters. The van der Waals surface area contributed by atoms with Crippen molar-refractivity contribution in [1.82, 2.24) is 0 Å². The Morgan fingerprint density at radius 3 is 2.62 bits per heavy atom. The average molecular weight is 324 g/mol. The Labute approximate surface area is 117 Å². The zero-order chi connectivity index (χ0) is 12.0. The van der Waals surface area contributed by atoms with E-state index in [2.05, 4.69) is 41.2 Å². The van der Waals surface area contributed by atoms with E-state index in [1.807, 2.05) is 11.3 Å². The molecule has 0 aliphatic rings. The van der Waals surface area contributed by atoms with Gasteiger partial charge in [-0.3, -0.25) is 0 Å². The van der Waals surface area contributed by atoms with Crippen LogP contribution in [-0.2, 0) is 6.42 Å². The van der Waals surface area contributed by atoms with Crippen LogP contribution in [0.4, 0.5) is 0 Å². The van der Waals surface area contributed by atoms with Gasteiger partial charge in [-0.05, 0) is 46.7 Å². The Bertz CT molecular complexity index is 305. The molecule has 0 fully saturated rings. The summed E-state index contributed by atoms with van der Waals surface area (Å²) in [6.45, 7) is 4.51. The zero-order valence-electron chi connectivity index (χ0n) is 10.1. The Morgan fingerprint density at radius 1 is 1.44 bits per heavy atom. The molecule has 0 aromatic carbocycles. The minimum atomic E-state index is 0.307. The quantitative estimate of drug-likeness (QED) is 0.550. The first-order chi connectivity index (χ1) is 7.65. The molecule has 3 heteroatoms. The van der Waals surface area contributed by atoms with Gasteiger partial charge in [0.25, 0.3) is 0 Å². The molecule has 0 aliphatic carbocycles. The molecule has 16 heavy (non-hydrogen) atoms. The van der Waals surface area contributed by atoms with Gasteiger partial charge in [0.05, 0.1) is 0 Å². The van der Waals surface area contributed by atoms with Gasteiger partial charge in [-0.25, -0.2) is 0 Å². The fourth-order valence-corrected chi connectivity index (χ4v) is 4.01. The van der Waals surface area contributed by atoms with E-state index in [0.29, 0.717) is 5.41 Å². The highest BCUT2D eigenvalue weighted by Crippen LogP contribution is 2.36. The number of hydrogen-bond acceptors (Lipinski definition) is 1. The third-order valence-corrected chi connectivity index (χ3v) is 5.53. The molecular weight excluding hydrogens is 304 g/mol. The lowest BCUT2D eigenvalue weighted by atomic mass is 9.79. The SMILES string of the molecule is CCCCC(CC)(CCl)Cc1cc(Br)cs1. The van der Waals surface area contributed by atoms with Gasteiger partial charge in [-0.15, -0.1) is 22.9 Å². The summed E-state index contributed by atoms with van der Waals surface area (Å²) in [5.74, 6) is 0.777. The van der Waals surface area contributed by atoms with Crippen LogP contribution in [0.15, 0.2) is 15.9 Å². The maximum atomic E-state index is 6.21. The molecule has 0 saturated carbocycles. The lowest BCUT2D eigenvalue weighted by Crippen LogP contribution is -2.24. The Hall–Kier alpha value is 0.470. The number of unbranched alkanes of at least 4 members (excludes halogenated alkanes) is 1. The van der Waals surface area contributed by atoms with E-state index in [1.165, 1.54) is 35.0 Å². The first kappa shape index (κ1) is 14.5. The standard InChI is InChI=1S/C13H20BrClS/c1-3-5-6-13(4-2,10-15)8-12-7-11(14)9-16-12/h7,9H,3-6,8,10H2,1-2H3. The average Bonchev–Trinajstić information content (AvgIpc) is 2.70. The number of thiophene rings is 1. The number of halogens is 2. The van der Waals surface area contributed by atoms with Gasteiger partial charge in [0.1, 0.15) is 0 Å². The Kier molecular flexibility index (Phi) is 6.38. The molecule has 1 aromatic rings. The van der Waals surface area contributed by atoms with Crippen molar-refractivity contribution in [3.8, 4) is 0 Å². The minimum Gasteiger partial charge on any atom is -0.148 e. The molecule has 1 heterocycles. The van der Waals surface area contributed by atoms with Gasteiger partial charge < -0.3 is 0 Å². The van der Waals surface area contributed by atoms with Crippen LogP contribution in [-0.4, -0.2) is 5.88 Å². The highest BCUT2D eigenvalue weighted by molar-refractivity contribution is 9.10. The van der Waals surface area contributed by atoms with Gasteiger partial charge in [-0.2, -0.15) is 0 Å². The third-order valence-electron chi connectivity index (χ3n) is 3.27. The van der Waals surface area contributed by atoms with Crippen molar-refractivity contribution in [2.75, 3.05) is 5.88 Å². The summed E-state index contributed by atoms with van der Waals surface area (Å²) in [5, 5.41) is 2.16. The predicted octanol–water partition coefficient (Wildman–Crippen LogP) is 5.88. The van der Waals surface area contributed by atoms with Gasteiger partial charge in [0.2, 0.25) is 0 Å². The predicted molar refractivity (Wildman–Crippen MR) is 78.7 cm³/mol. The second-order valence-corrected chi connectivity index (χ2v) is 6.68. The first-order valence-corrected chi connectivity index (χ1v) is 8.15. The van der Waals surface area contributed by atoms with E-state index in [4.69, 9.17) is 11.6 Å². The molecule has 1 aromatic heterocycles. The number of alkyl halides is 1. The maximum absolute atomic E-state index is 6.21. The first-order valence-electron chi connectivity index (χ1n) is 5.94. The van der Waals surface area contributed by atoms with E-state index >= 15 is 0 Å². The summed E-state index contributed by atoms with van der Waals surface area (Å²) < 4.78 is 1.20. The topological polar surface area (TPSA) is 0 Å². The molecule has 0 radical (unpaired) electrons. The monoisotopic (exact) mass is 322 g/mol. The molecule has 0 bridgehead atoms. The van der Waals surface area contributed by atoms with Crippen LogP contribution < -0.4 is 0 Å². The van der Waals surface area contributed by atoms with Crippen molar-refractivity contribution < 1.29 is 0 Å². The smallest absolute Gasteiger partial charge is 0.0285 e. The lowest BCUT2D eigenvalue weighted by molar-refractivity contribution is 0.281.